The fourth-order valence-electron chi connectivity index (χ4n) is 2.90. The Hall–Kier alpha value is -1.79. The monoisotopic (exact) mass is 349 g/mol. The third kappa shape index (κ3) is 6.55. The van der Waals surface area contributed by atoms with Crippen molar-refractivity contribution in [3.63, 3.8) is 0 Å². The van der Waals surface area contributed by atoms with E-state index in [1.807, 2.05) is 12.1 Å². The summed E-state index contributed by atoms with van der Waals surface area (Å²) in [5.41, 5.74) is 1.17. The SMILES string of the molecule is COc1ccc(C(CNC(=O)NCCC(C)C)N2CCOCC2)cc1. The molecule has 1 unspecified atom stereocenters. The van der Waals surface area contributed by atoms with Crippen molar-refractivity contribution in [2.24, 2.45) is 5.92 Å². The molecule has 1 heterocycles. The van der Waals surface area contributed by atoms with E-state index in [-0.39, 0.29) is 12.1 Å². The summed E-state index contributed by atoms with van der Waals surface area (Å²) in [6.45, 7) is 8.77. The van der Waals surface area contributed by atoms with Crippen LogP contribution < -0.4 is 15.4 Å². The fourth-order valence-corrected chi connectivity index (χ4v) is 2.90. The first-order valence-corrected chi connectivity index (χ1v) is 9.07. The predicted octanol–water partition coefficient (Wildman–Crippen LogP) is 2.41. The summed E-state index contributed by atoms with van der Waals surface area (Å²) in [5, 5.41) is 5.95. The molecule has 1 aromatic carbocycles. The van der Waals surface area contributed by atoms with E-state index in [1.54, 1.807) is 7.11 Å². The van der Waals surface area contributed by atoms with Gasteiger partial charge >= 0.3 is 6.03 Å². The van der Waals surface area contributed by atoms with Gasteiger partial charge in [0.1, 0.15) is 5.75 Å². The van der Waals surface area contributed by atoms with Crippen LogP contribution in [0.5, 0.6) is 5.75 Å². The Morgan fingerprint density at radius 3 is 2.48 bits per heavy atom. The minimum atomic E-state index is -0.104. The normalized spacial score (nSPS) is 16.5. The molecule has 0 aliphatic carbocycles. The molecule has 0 radical (unpaired) electrons. The lowest BCUT2D eigenvalue weighted by molar-refractivity contribution is 0.0167. The fraction of sp³-hybridized carbons (Fsp3) is 0.632. The van der Waals surface area contributed by atoms with Crippen molar-refractivity contribution in [1.82, 2.24) is 15.5 Å². The van der Waals surface area contributed by atoms with Crippen LogP contribution in [-0.4, -0.2) is 57.4 Å². The first-order chi connectivity index (χ1) is 12.1. The number of amides is 2. The lowest BCUT2D eigenvalue weighted by Gasteiger charge is -2.35. The van der Waals surface area contributed by atoms with Gasteiger partial charge in [0.05, 0.1) is 26.4 Å². The van der Waals surface area contributed by atoms with E-state index in [0.717, 1.165) is 38.5 Å². The summed E-state index contributed by atoms with van der Waals surface area (Å²) >= 11 is 0. The highest BCUT2D eigenvalue weighted by molar-refractivity contribution is 5.73. The molecular weight excluding hydrogens is 318 g/mol. The summed E-state index contributed by atoms with van der Waals surface area (Å²) in [6.07, 6.45) is 0.985. The second-order valence-electron chi connectivity index (χ2n) is 6.76. The molecule has 140 valence electrons. The maximum atomic E-state index is 12.1. The molecule has 0 saturated carbocycles. The molecule has 1 atom stereocenters. The molecule has 1 aliphatic heterocycles. The number of urea groups is 1. The number of nitrogens with zero attached hydrogens (tertiary/aromatic N) is 1. The molecule has 6 heteroatoms. The number of hydrogen-bond donors (Lipinski definition) is 2. The minimum absolute atomic E-state index is 0.104. The van der Waals surface area contributed by atoms with Gasteiger partial charge in [-0.05, 0) is 30.0 Å². The number of methoxy groups -OCH3 is 1. The molecule has 1 aromatic rings. The van der Waals surface area contributed by atoms with Crippen molar-refractivity contribution >= 4 is 6.03 Å². The number of rotatable bonds is 8. The predicted molar refractivity (Wildman–Crippen MR) is 99.0 cm³/mol. The minimum Gasteiger partial charge on any atom is -0.497 e. The van der Waals surface area contributed by atoms with Crippen molar-refractivity contribution in [3.8, 4) is 5.75 Å². The van der Waals surface area contributed by atoms with Gasteiger partial charge in [-0.25, -0.2) is 4.79 Å². The molecule has 1 aliphatic rings. The summed E-state index contributed by atoms with van der Waals surface area (Å²) in [6, 6.07) is 8.09. The Morgan fingerprint density at radius 2 is 1.88 bits per heavy atom. The van der Waals surface area contributed by atoms with Gasteiger partial charge in [-0.15, -0.1) is 0 Å². The molecule has 2 N–H and O–H groups in total. The van der Waals surface area contributed by atoms with E-state index >= 15 is 0 Å². The number of carbonyl (C=O) groups is 1. The summed E-state index contributed by atoms with van der Waals surface area (Å²) in [4.78, 5) is 14.4. The first kappa shape index (κ1) is 19.5. The topological polar surface area (TPSA) is 62.8 Å². The van der Waals surface area contributed by atoms with Gasteiger partial charge in [-0.2, -0.15) is 0 Å². The molecule has 6 nitrogen and oxygen atoms in total. The Kier molecular flexibility index (Phi) is 8.01. The van der Waals surface area contributed by atoms with Crippen molar-refractivity contribution in [1.29, 1.82) is 0 Å². The third-order valence-corrected chi connectivity index (χ3v) is 4.45. The van der Waals surface area contributed by atoms with Crippen molar-refractivity contribution in [2.75, 3.05) is 46.5 Å². The Bertz CT molecular complexity index is 513. The number of morpholine rings is 1. The van der Waals surface area contributed by atoms with Crippen LogP contribution in [0.15, 0.2) is 24.3 Å². The van der Waals surface area contributed by atoms with E-state index in [2.05, 4.69) is 41.5 Å². The van der Waals surface area contributed by atoms with Crippen LogP contribution in [0.2, 0.25) is 0 Å². The zero-order chi connectivity index (χ0) is 18.1. The van der Waals surface area contributed by atoms with Crippen molar-refractivity contribution < 1.29 is 14.3 Å². The number of benzene rings is 1. The highest BCUT2D eigenvalue weighted by Gasteiger charge is 2.23. The molecule has 25 heavy (non-hydrogen) atoms. The molecule has 2 amide bonds. The van der Waals surface area contributed by atoms with Crippen LogP contribution in [0.3, 0.4) is 0 Å². The van der Waals surface area contributed by atoms with Crippen LogP contribution >= 0.6 is 0 Å². The van der Waals surface area contributed by atoms with Crippen LogP contribution in [0.4, 0.5) is 4.79 Å². The molecule has 0 bridgehead atoms. The quantitative estimate of drug-likeness (QED) is 0.757. The van der Waals surface area contributed by atoms with Gasteiger partial charge in [0.2, 0.25) is 0 Å². The van der Waals surface area contributed by atoms with Gasteiger partial charge in [-0.3, -0.25) is 4.90 Å². The van der Waals surface area contributed by atoms with Gasteiger partial charge in [0, 0.05) is 26.2 Å². The maximum absolute atomic E-state index is 12.1. The highest BCUT2D eigenvalue weighted by Crippen LogP contribution is 2.23. The van der Waals surface area contributed by atoms with E-state index in [9.17, 15) is 4.79 Å². The van der Waals surface area contributed by atoms with E-state index in [1.165, 1.54) is 5.56 Å². The average Bonchev–Trinajstić information content (AvgIpc) is 2.63. The lowest BCUT2D eigenvalue weighted by atomic mass is 10.0. The Balaban J connectivity index is 1.95. The first-order valence-electron chi connectivity index (χ1n) is 9.07. The van der Waals surface area contributed by atoms with E-state index < -0.39 is 0 Å². The molecular formula is C19H31N3O3. The van der Waals surface area contributed by atoms with Gasteiger partial charge in [0.15, 0.2) is 0 Å². The van der Waals surface area contributed by atoms with Crippen LogP contribution in [-0.2, 0) is 4.74 Å². The van der Waals surface area contributed by atoms with Gasteiger partial charge in [-0.1, -0.05) is 26.0 Å². The van der Waals surface area contributed by atoms with E-state index in [0.29, 0.717) is 19.0 Å². The van der Waals surface area contributed by atoms with Crippen molar-refractivity contribution in [2.45, 2.75) is 26.3 Å². The smallest absolute Gasteiger partial charge is 0.314 e. The van der Waals surface area contributed by atoms with Gasteiger partial charge in [0.25, 0.3) is 0 Å². The average molecular weight is 349 g/mol. The molecule has 2 rings (SSSR count). The lowest BCUT2D eigenvalue weighted by Crippen LogP contribution is -2.45. The Labute approximate surface area is 150 Å². The van der Waals surface area contributed by atoms with Crippen molar-refractivity contribution in [3.05, 3.63) is 29.8 Å². The molecule has 0 spiro atoms. The largest absolute Gasteiger partial charge is 0.497 e. The zero-order valence-corrected chi connectivity index (χ0v) is 15.6. The summed E-state index contributed by atoms with van der Waals surface area (Å²) in [7, 11) is 1.66. The number of nitrogens with one attached hydrogen (secondary N) is 2. The maximum Gasteiger partial charge on any atom is 0.314 e. The highest BCUT2D eigenvalue weighted by atomic mass is 16.5. The zero-order valence-electron chi connectivity index (χ0n) is 15.6. The van der Waals surface area contributed by atoms with Crippen LogP contribution in [0, 0.1) is 5.92 Å². The molecule has 0 aromatic heterocycles. The number of ether oxygens (including phenoxy) is 2. The van der Waals surface area contributed by atoms with Gasteiger partial charge < -0.3 is 20.1 Å². The third-order valence-electron chi connectivity index (χ3n) is 4.45. The second kappa shape index (κ2) is 10.3. The second-order valence-corrected chi connectivity index (χ2v) is 6.76. The molecule has 1 saturated heterocycles. The van der Waals surface area contributed by atoms with Crippen LogP contribution in [0.25, 0.3) is 0 Å². The Morgan fingerprint density at radius 1 is 1.20 bits per heavy atom. The van der Waals surface area contributed by atoms with Crippen LogP contribution in [0.1, 0.15) is 31.9 Å². The summed E-state index contributed by atoms with van der Waals surface area (Å²) < 4.78 is 10.7. The summed E-state index contributed by atoms with van der Waals surface area (Å²) in [5.74, 6) is 1.42. The standard InChI is InChI=1S/C19H31N3O3/c1-15(2)8-9-20-19(23)21-14-18(22-10-12-25-13-11-22)16-4-6-17(24-3)7-5-16/h4-7,15,18H,8-14H2,1-3H3,(H2,20,21,23). The van der Waals surface area contributed by atoms with E-state index in [4.69, 9.17) is 9.47 Å². The number of hydrogen-bond acceptors (Lipinski definition) is 4. The number of carbonyl (C=O) groups excluding carboxylic acids is 1. The molecule has 1 fully saturated rings.